The average molecular weight is 541 g/mol. The van der Waals surface area contributed by atoms with Crippen LogP contribution in [0.5, 0.6) is 0 Å². The van der Waals surface area contributed by atoms with Gasteiger partial charge in [-0.1, -0.05) is 64.3 Å². The summed E-state index contributed by atoms with van der Waals surface area (Å²) in [5.74, 6) is 0.173. The Balaban J connectivity index is -0.000000635. The van der Waals surface area contributed by atoms with Gasteiger partial charge in [0.05, 0.1) is 12.1 Å². The van der Waals surface area contributed by atoms with Gasteiger partial charge in [0, 0.05) is 19.4 Å². The molecule has 2 rings (SSSR count). The number of nitrogens with two attached hydrogens (primary N) is 1. The standard InChI is InChI=1S/C15H27N3O4.C9H12O.2C2H6.CH5N/c1-3-17-14(21)7-6-11(13(20)9-19)18-15(22)12(16-2)8-10-4-5-10;10-8-4-7-9-5-2-1-3-6-9;3*1-2/h9-13,16,20H,3-8H2,1-2H3,(H,17,21)(H,18,22);1-2,5,8H,3-4,6-7H2;2*1-2H3;2H2,1H3. The van der Waals surface area contributed by atoms with Gasteiger partial charge < -0.3 is 36.4 Å². The van der Waals surface area contributed by atoms with E-state index >= 15 is 0 Å². The molecule has 3 unspecified atom stereocenters. The van der Waals surface area contributed by atoms with E-state index in [0.717, 1.165) is 44.8 Å². The number of nitrogens with one attached hydrogen (secondary N) is 3. The van der Waals surface area contributed by atoms with Crippen LogP contribution >= 0.6 is 0 Å². The molecule has 2 aliphatic carbocycles. The molecule has 0 spiro atoms. The van der Waals surface area contributed by atoms with Gasteiger partial charge >= 0.3 is 0 Å². The number of hydrogen-bond donors (Lipinski definition) is 5. The largest absolute Gasteiger partial charge is 0.383 e. The topological polar surface area (TPSA) is 151 Å². The second-order valence-electron chi connectivity index (χ2n) is 8.25. The van der Waals surface area contributed by atoms with Gasteiger partial charge in [-0.2, -0.15) is 0 Å². The fourth-order valence-electron chi connectivity index (χ4n) is 3.43. The Hall–Kier alpha value is -2.36. The van der Waals surface area contributed by atoms with E-state index in [4.69, 9.17) is 0 Å². The predicted molar refractivity (Wildman–Crippen MR) is 157 cm³/mol. The zero-order chi connectivity index (χ0) is 29.8. The van der Waals surface area contributed by atoms with E-state index in [2.05, 4.69) is 39.9 Å². The Morgan fingerprint density at radius 2 is 1.79 bits per heavy atom. The second kappa shape index (κ2) is 29.2. The van der Waals surface area contributed by atoms with Crippen molar-refractivity contribution in [3.05, 3.63) is 23.8 Å². The summed E-state index contributed by atoms with van der Waals surface area (Å²) in [5.41, 5.74) is 5.91. The van der Waals surface area contributed by atoms with E-state index in [9.17, 15) is 24.3 Å². The zero-order valence-electron chi connectivity index (χ0n) is 24.9. The van der Waals surface area contributed by atoms with Crippen LogP contribution in [-0.2, 0) is 19.2 Å². The van der Waals surface area contributed by atoms with Crippen LogP contribution in [-0.4, -0.2) is 68.3 Å². The summed E-state index contributed by atoms with van der Waals surface area (Å²) in [6, 6.07) is -1.08. The zero-order valence-corrected chi connectivity index (χ0v) is 24.9. The van der Waals surface area contributed by atoms with Crippen molar-refractivity contribution in [2.45, 2.75) is 111 Å². The summed E-state index contributed by atoms with van der Waals surface area (Å²) in [6.07, 6.45) is 13.7. The fraction of sp³-hybridized carbons (Fsp3) is 0.724. The van der Waals surface area contributed by atoms with E-state index < -0.39 is 12.1 Å². The maximum Gasteiger partial charge on any atom is 0.237 e. The Morgan fingerprint density at radius 3 is 2.24 bits per heavy atom. The molecular formula is C29H56N4O5. The number of aliphatic hydroxyl groups is 1. The lowest BCUT2D eigenvalue weighted by Crippen LogP contribution is -2.51. The molecule has 6 N–H and O–H groups in total. The van der Waals surface area contributed by atoms with Gasteiger partial charge in [-0.25, -0.2) is 0 Å². The van der Waals surface area contributed by atoms with Crippen molar-refractivity contribution in [1.29, 1.82) is 0 Å². The average Bonchev–Trinajstić information content (AvgIpc) is 3.81. The Kier molecular flexibility index (Phi) is 30.8. The first-order valence-corrected chi connectivity index (χ1v) is 14.2. The number of carbonyl (C=O) groups excluding carboxylic acids is 4. The maximum absolute atomic E-state index is 12.2. The van der Waals surface area contributed by atoms with E-state index in [1.807, 2.05) is 34.6 Å². The monoisotopic (exact) mass is 540 g/mol. The summed E-state index contributed by atoms with van der Waals surface area (Å²) >= 11 is 0. The molecule has 3 atom stereocenters. The fourth-order valence-corrected chi connectivity index (χ4v) is 3.43. The van der Waals surface area contributed by atoms with Crippen molar-refractivity contribution >= 4 is 24.4 Å². The molecule has 0 aromatic heterocycles. The van der Waals surface area contributed by atoms with Crippen LogP contribution in [0.15, 0.2) is 23.8 Å². The van der Waals surface area contributed by atoms with E-state index in [1.165, 1.54) is 12.6 Å². The highest BCUT2D eigenvalue weighted by Gasteiger charge is 2.30. The number of likely N-dealkylation sites (N-methyl/N-ethyl adjacent to an activating group) is 1. The Labute approximate surface area is 231 Å². The molecule has 0 bridgehead atoms. The summed E-state index contributed by atoms with van der Waals surface area (Å²) in [6.45, 7) is 10.3. The van der Waals surface area contributed by atoms with E-state index in [0.29, 0.717) is 25.2 Å². The third-order valence-corrected chi connectivity index (χ3v) is 5.55. The first-order chi connectivity index (χ1) is 18.4. The molecule has 1 saturated carbocycles. The Morgan fingerprint density at radius 1 is 1.16 bits per heavy atom. The molecule has 2 amide bonds. The summed E-state index contributed by atoms with van der Waals surface area (Å²) < 4.78 is 0. The minimum atomic E-state index is -1.31. The van der Waals surface area contributed by atoms with Crippen LogP contribution < -0.4 is 21.7 Å². The third kappa shape index (κ3) is 21.7. The lowest BCUT2D eigenvalue weighted by Gasteiger charge is -2.24. The molecule has 9 heteroatoms. The van der Waals surface area contributed by atoms with E-state index in [-0.39, 0.29) is 30.7 Å². The smallest absolute Gasteiger partial charge is 0.237 e. The molecule has 0 aliphatic heterocycles. The molecule has 222 valence electrons. The maximum atomic E-state index is 12.2. The van der Waals surface area contributed by atoms with Gasteiger partial charge in [0.2, 0.25) is 11.8 Å². The highest BCUT2D eigenvalue weighted by molar-refractivity contribution is 5.82. The first kappa shape index (κ1) is 40.1. The van der Waals surface area contributed by atoms with Gasteiger partial charge in [-0.3, -0.25) is 9.59 Å². The van der Waals surface area contributed by atoms with E-state index in [1.54, 1.807) is 7.05 Å². The molecule has 9 nitrogen and oxygen atoms in total. The van der Waals surface area contributed by atoms with Crippen molar-refractivity contribution in [3.8, 4) is 0 Å². The van der Waals surface area contributed by atoms with Gasteiger partial charge in [0.1, 0.15) is 12.4 Å². The molecule has 0 aromatic carbocycles. The SMILES string of the molecule is CC.CC.CCNC(=O)CCC(NC(=O)C(CC1CC1)NC)C(O)C=O.CN.O=CCCC1=CC=CCC1. The second-order valence-corrected chi connectivity index (χ2v) is 8.25. The van der Waals surface area contributed by atoms with Gasteiger partial charge in [-0.15, -0.1) is 0 Å². The van der Waals surface area contributed by atoms with Crippen LogP contribution in [0.3, 0.4) is 0 Å². The first-order valence-electron chi connectivity index (χ1n) is 14.2. The lowest BCUT2D eigenvalue weighted by atomic mass is 10.0. The number of amides is 2. The van der Waals surface area contributed by atoms with Gasteiger partial charge in [-0.05, 0) is 59.0 Å². The number of hydrogen-bond acceptors (Lipinski definition) is 7. The summed E-state index contributed by atoms with van der Waals surface area (Å²) in [4.78, 5) is 44.5. The van der Waals surface area contributed by atoms with Crippen molar-refractivity contribution < 1.29 is 24.3 Å². The number of allylic oxidation sites excluding steroid dienone is 4. The molecule has 0 radical (unpaired) electrons. The van der Waals surface area contributed by atoms with Crippen molar-refractivity contribution in [1.82, 2.24) is 16.0 Å². The molecule has 1 fully saturated rings. The number of rotatable bonds is 14. The molecule has 0 saturated heterocycles. The minimum Gasteiger partial charge on any atom is -0.383 e. The van der Waals surface area contributed by atoms with Gasteiger partial charge in [0.25, 0.3) is 0 Å². The Bertz CT molecular complexity index is 663. The van der Waals surface area contributed by atoms with Crippen molar-refractivity contribution in [3.63, 3.8) is 0 Å². The highest BCUT2D eigenvalue weighted by atomic mass is 16.3. The minimum absolute atomic E-state index is 0.149. The summed E-state index contributed by atoms with van der Waals surface area (Å²) in [7, 11) is 3.21. The molecule has 0 heterocycles. The van der Waals surface area contributed by atoms with Crippen LogP contribution in [0.2, 0.25) is 0 Å². The number of aldehydes is 2. The quantitative estimate of drug-likeness (QED) is 0.212. The van der Waals surface area contributed by atoms with Gasteiger partial charge in [0.15, 0.2) is 6.29 Å². The number of carbonyl (C=O) groups is 4. The molecular weight excluding hydrogens is 484 g/mol. The lowest BCUT2D eigenvalue weighted by molar-refractivity contribution is -0.127. The van der Waals surface area contributed by atoms with Crippen molar-refractivity contribution in [2.75, 3.05) is 20.6 Å². The van der Waals surface area contributed by atoms with Crippen LogP contribution in [0.1, 0.15) is 92.4 Å². The molecule has 0 aromatic rings. The normalized spacial score (nSPS) is 15.3. The van der Waals surface area contributed by atoms with Crippen molar-refractivity contribution in [2.24, 2.45) is 11.7 Å². The predicted octanol–water partition coefficient (Wildman–Crippen LogP) is 3.20. The van der Waals surface area contributed by atoms with Crippen LogP contribution in [0, 0.1) is 5.92 Å². The van der Waals surface area contributed by atoms with Crippen LogP contribution in [0.25, 0.3) is 0 Å². The third-order valence-electron chi connectivity index (χ3n) is 5.55. The highest BCUT2D eigenvalue weighted by Crippen LogP contribution is 2.33. The molecule has 38 heavy (non-hydrogen) atoms. The van der Waals surface area contributed by atoms with Crippen LogP contribution in [0.4, 0.5) is 0 Å². The summed E-state index contributed by atoms with van der Waals surface area (Å²) in [5, 5.41) is 18.0. The molecule has 2 aliphatic rings. The number of aliphatic hydroxyl groups excluding tert-OH is 1.